The smallest absolute Gasteiger partial charge is 0.254 e. The van der Waals surface area contributed by atoms with Crippen LogP contribution in [0, 0.1) is 17.8 Å². The third-order valence-electron chi connectivity index (χ3n) is 5.72. The molecule has 1 aromatic heterocycles. The Morgan fingerprint density at radius 1 is 1.30 bits per heavy atom. The van der Waals surface area contributed by atoms with Crippen molar-refractivity contribution in [2.45, 2.75) is 38.6 Å². The molecule has 4 heteroatoms. The van der Waals surface area contributed by atoms with Crippen LogP contribution in [0.2, 0.25) is 5.15 Å². The Morgan fingerprint density at radius 3 is 2.87 bits per heavy atom. The Balaban J connectivity index is 1.53. The van der Waals surface area contributed by atoms with Crippen molar-refractivity contribution in [2.75, 3.05) is 0 Å². The first-order valence-electron chi connectivity index (χ1n) is 8.48. The molecule has 120 valence electrons. The lowest BCUT2D eigenvalue weighted by Crippen LogP contribution is -2.40. The maximum atomic E-state index is 12.6. The number of aromatic nitrogens is 1. The minimum Gasteiger partial charge on any atom is -0.349 e. The Hall–Kier alpha value is -1.61. The summed E-state index contributed by atoms with van der Waals surface area (Å²) < 4.78 is 0. The molecule has 2 aromatic rings. The van der Waals surface area contributed by atoms with Gasteiger partial charge in [0.2, 0.25) is 0 Å². The fourth-order valence-electron chi connectivity index (χ4n) is 4.55. The van der Waals surface area contributed by atoms with Gasteiger partial charge in [0.25, 0.3) is 5.91 Å². The molecular formula is C19H21ClN2O. The number of amides is 1. The molecule has 0 saturated heterocycles. The zero-order chi connectivity index (χ0) is 16.0. The van der Waals surface area contributed by atoms with Crippen LogP contribution < -0.4 is 5.32 Å². The zero-order valence-corrected chi connectivity index (χ0v) is 14.0. The summed E-state index contributed by atoms with van der Waals surface area (Å²) in [6.07, 6.45) is 5.31. The van der Waals surface area contributed by atoms with Crippen LogP contribution in [-0.2, 0) is 0 Å². The third kappa shape index (κ3) is 2.72. The number of nitrogens with one attached hydrogen (secondary N) is 1. The van der Waals surface area contributed by atoms with E-state index in [4.69, 9.17) is 11.6 Å². The maximum Gasteiger partial charge on any atom is 0.254 e. The predicted octanol–water partition coefficient (Wildman–Crippen LogP) is 4.44. The van der Waals surface area contributed by atoms with E-state index in [9.17, 15) is 4.79 Å². The number of pyridine rings is 1. The largest absolute Gasteiger partial charge is 0.349 e. The minimum atomic E-state index is -0.108. The summed E-state index contributed by atoms with van der Waals surface area (Å²) in [5, 5.41) is 4.38. The van der Waals surface area contributed by atoms with Crippen molar-refractivity contribution < 1.29 is 4.79 Å². The molecule has 3 nitrogen and oxygen atoms in total. The average Bonchev–Trinajstić information content (AvgIpc) is 3.17. The van der Waals surface area contributed by atoms with E-state index in [1.807, 2.05) is 30.3 Å². The molecule has 2 aliphatic rings. The van der Waals surface area contributed by atoms with E-state index in [0.717, 1.165) is 22.7 Å². The molecule has 0 spiro atoms. The number of rotatable bonds is 3. The second-order valence-corrected chi connectivity index (χ2v) is 7.48. The molecule has 2 saturated carbocycles. The fourth-order valence-corrected chi connectivity index (χ4v) is 4.78. The van der Waals surface area contributed by atoms with Gasteiger partial charge in [-0.2, -0.15) is 0 Å². The lowest BCUT2D eigenvalue weighted by molar-refractivity contribution is 0.0915. The summed E-state index contributed by atoms with van der Waals surface area (Å²) in [4.78, 5) is 17.0. The van der Waals surface area contributed by atoms with Crippen molar-refractivity contribution >= 4 is 28.4 Å². The Labute approximate surface area is 141 Å². The van der Waals surface area contributed by atoms with E-state index < -0.39 is 0 Å². The first-order valence-corrected chi connectivity index (χ1v) is 8.86. The summed E-state index contributed by atoms with van der Waals surface area (Å²) in [6.45, 7) is 2.13. The van der Waals surface area contributed by atoms with Gasteiger partial charge in [-0.15, -0.1) is 0 Å². The third-order valence-corrected chi connectivity index (χ3v) is 6.00. The highest BCUT2D eigenvalue weighted by Crippen LogP contribution is 2.49. The first kappa shape index (κ1) is 14.9. The summed E-state index contributed by atoms with van der Waals surface area (Å²) in [5.41, 5.74) is 1.29. The molecule has 0 unspecified atom stereocenters. The summed E-state index contributed by atoms with van der Waals surface area (Å²) in [7, 11) is 0. The van der Waals surface area contributed by atoms with Gasteiger partial charge in [-0.25, -0.2) is 4.98 Å². The molecule has 4 atom stereocenters. The van der Waals surface area contributed by atoms with Gasteiger partial charge in [-0.1, -0.05) is 36.2 Å². The molecule has 2 aliphatic carbocycles. The van der Waals surface area contributed by atoms with Gasteiger partial charge in [0.05, 0.1) is 11.1 Å². The quantitative estimate of drug-likeness (QED) is 0.846. The van der Waals surface area contributed by atoms with Crippen LogP contribution in [0.5, 0.6) is 0 Å². The lowest BCUT2D eigenvalue weighted by Gasteiger charge is -2.28. The predicted molar refractivity (Wildman–Crippen MR) is 92.6 cm³/mol. The Bertz CT molecular complexity index is 760. The van der Waals surface area contributed by atoms with E-state index in [1.165, 1.54) is 25.7 Å². The molecule has 2 fully saturated rings. The number of fused-ring (bicyclic) bond motifs is 3. The van der Waals surface area contributed by atoms with Crippen molar-refractivity contribution in [2.24, 2.45) is 17.8 Å². The molecule has 1 heterocycles. The monoisotopic (exact) mass is 328 g/mol. The Kier molecular flexibility index (Phi) is 3.76. The number of hydrogen-bond acceptors (Lipinski definition) is 2. The van der Waals surface area contributed by atoms with E-state index in [0.29, 0.717) is 11.5 Å². The molecule has 0 radical (unpaired) electrons. The maximum absolute atomic E-state index is 12.6. The van der Waals surface area contributed by atoms with E-state index >= 15 is 0 Å². The highest BCUT2D eigenvalue weighted by Gasteiger charge is 2.42. The normalized spacial score (nSPS) is 27.3. The molecule has 2 bridgehead atoms. The van der Waals surface area contributed by atoms with Gasteiger partial charge in [0.15, 0.2) is 0 Å². The fraction of sp³-hybridized carbons (Fsp3) is 0.474. The summed E-state index contributed by atoms with van der Waals surface area (Å²) in [6, 6.07) is 9.75. The zero-order valence-electron chi connectivity index (χ0n) is 13.3. The molecule has 1 amide bonds. The van der Waals surface area contributed by atoms with Gasteiger partial charge in [-0.05, 0) is 56.1 Å². The first-order chi connectivity index (χ1) is 11.1. The van der Waals surface area contributed by atoms with Gasteiger partial charge in [-0.3, -0.25) is 4.79 Å². The molecule has 1 N–H and O–H groups in total. The summed E-state index contributed by atoms with van der Waals surface area (Å²) >= 11 is 6.23. The molecule has 0 aliphatic heterocycles. The van der Waals surface area contributed by atoms with E-state index in [1.54, 1.807) is 0 Å². The van der Waals surface area contributed by atoms with Crippen LogP contribution in [0.25, 0.3) is 10.9 Å². The SMILES string of the molecule is C[C@@H](NC(=O)c1cc2ccccc2nc1Cl)[C@@H]1C[C@H]2CC[C@H]1C2. The Morgan fingerprint density at radius 2 is 2.13 bits per heavy atom. The second kappa shape index (κ2) is 5.79. The van der Waals surface area contributed by atoms with Gasteiger partial charge in [0.1, 0.15) is 5.15 Å². The van der Waals surface area contributed by atoms with Crippen LogP contribution in [-0.4, -0.2) is 16.9 Å². The molecule has 1 aromatic carbocycles. The topological polar surface area (TPSA) is 42.0 Å². The lowest BCUT2D eigenvalue weighted by atomic mass is 9.84. The number of carbonyl (C=O) groups is 1. The van der Waals surface area contributed by atoms with Gasteiger partial charge >= 0.3 is 0 Å². The molecule has 4 rings (SSSR count). The number of para-hydroxylation sites is 1. The number of hydrogen-bond donors (Lipinski definition) is 1. The molecule has 23 heavy (non-hydrogen) atoms. The van der Waals surface area contributed by atoms with Crippen LogP contribution in [0.3, 0.4) is 0 Å². The number of halogens is 1. The van der Waals surface area contributed by atoms with Crippen molar-refractivity contribution in [3.05, 3.63) is 41.0 Å². The van der Waals surface area contributed by atoms with Crippen LogP contribution in [0.4, 0.5) is 0 Å². The molecular weight excluding hydrogens is 308 g/mol. The number of carbonyl (C=O) groups excluding carboxylic acids is 1. The van der Waals surface area contributed by atoms with E-state index in [2.05, 4.69) is 17.2 Å². The second-order valence-electron chi connectivity index (χ2n) is 7.12. The standard InChI is InChI=1S/C19H21ClN2O/c1-11(15-9-12-6-7-13(15)8-12)21-19(23)16-10-14-4-2-3-5-17(14)22-18(16)20/h2-5,10-13,15H,6-9H2,1H3,(H,21,23)/t11-,12+,13+,15+/m1/s1. The number of benzene rings is 1. The van der Waals surface area contributed by atoms with Crippen molar-refractivity contribution in [3.8, 4) is 0 Å². The minimum absolute atomic E-state index is 0.108. The van der Waals surface area contributed by atoms with Gasteiger partial charge < -0.3 is 5.32 Å². The highest BCUT2D eigenvalue weighted by atomic mass is 35.5. The van der Waals surface area contributed by atoms with E-state index in [-0.39, 0.29) is 17.1 Å². The van der Waals surface area contributed by atoms with Crippen molar-refractivity contribution in [1.29, 1.82) is 0 Å². The average molecular weight is 329 g/mol. The summed E-state index contributed by atoms with van der Waals surface area (Å²) in [5.74, 6) is 2.18. The van der Waals surface area contributed by atoms with Crippen LogP contribution in [0.1, 0.15) is 43.0 Å². The highest BCUT2D eigenvalue weighted by molar-refractivity contribution is 6.33. The van der Waals surface area contributed by atoms with Crippen molar-refractivity contribution in [3.63, 3.8) is 0 Å². The van der Waals surface area contributed by atoms with Gasteiger partial charge in [0, 0.05) is 11.4 Å². The van der Waals surface area contributed by atoms with Crippen molar-refractivity contribution in [1.82, 2.24) is 10.3 Å². The van der Waals surface area contributed by atoms with Crippen LogP contribution >= 0.6 is 11.6 Å². The number of nitrogens with zero attached hydrogens (tertiary/aromatic N) is 1. The van der Waals surface area contributed by atoms with Crippen LogP contribution in [0.15, 0.2) is 30.3 Å².